The van der Waals surface area contributed by atoms with Crippen molar-refractivity contribution in [3.8, 4) is 0 Å². The van der Waals surface area contributed by atoms with Crippen molar-refractivity contribution in [3.05, 3.63) is 21.7 Å². The number of hydrogen-bond acceptors (Lipinski definition) is 6. The largest absolute Gasteiger partial charge is 0.373 e. The molecule has 1 amide bonds. The Labute approximate surface area is 119 Å². The standard InChI is InChI=1S/C11H15N5O3S/c1-8(17)12-4-3-5-14(2)9-10(16(18)19)15-6-7-20-11(15)13-9/h6-7H,3-5H2,1-2H3,(H,12,17). The van der Waals surface area contributed by atoms with Gasteiger partial charge in [0.1, 0.15) is 6.20 Å². The summed E-state index contributed by atoms with van der Waals surface area (Å²) in [6.45, 7) is 2.57. The lowest BCUT2D eigenvalue weighted by molar-refractivity contribution is -0.389. The zero-order valence-electron chi connectivity index (χ0n) is 11.2. The lowest BCUT2D eigenvalue weighted by atomic mass is 10.4. The van der Waals surface area contributed by atoms with E-state index in [1.54, 1.807) is 23.5 Å². The Hall–Kier alpha value is -2.16. The zero-order valence-corrected chi connectivity index (χ0v) is 12.0. The first-order valence-corrected chi connectivity index (χ1v) is 6.94. The van der Waals surface area contributed by atoms with Crippen molar-refractivity contribution in [2.75, 3.05) is 25.0 Å². The molecule has 8 nitrogen and oxygen atoms in total. The molecule has 0 bridgehead atoms. The van der Waals surface area contributed by atoms with Crippen LogP contribution in [0.2, 0.25) is 0 Å². The molecule has 0 atom stereocenters. The van der Waals surface area contributed by atoms with E-state index in [2.05, 4.69) is 10.3 Å². The van der Waals surface area contributed by atoms with Crippen LogP contribution in [0.5, 0.6) is 0 Å². The molecule has 0 saturated heterocycles. The molecule has 0 aromatic carbocycles. The molecule has 20 heavy (non-hydrogen) atoms. The summed E-state index contributed by atoms with van der Waals surface area (Å²) >= 11 is 1.35. The highest BCUT2D eigenvalue weighted by molar-refractivity contribution is 7.15. The van der Waals surface area contributed by atoms with Gasteiger partial charge in [0, 0.05) is 32.4 Å². The Balaban J connectivity index is 2.11. The highest BCUT2D eigenvalue weighted by atomic mass is 32.1. The predicted molar refractivity (Wildman–Crippen MR) is 76.3 cm³/mol. The number of nitrogens with one attached hydrogen (secondary N) is 1. The van der Waals surface area contributed by atoms with Crippen molar-refractivity contribution in [2.24, 2.45) is 0 Å². The van der Waals surface area contributed by atoms with Gasteiger partial charge in [-0.1, -0.05) is 11.3 Å². The SMILES string of the molecule is CC(=O)NCCCN(C)c1nc2sccn2c1[N+](=O)[O-]. The number of carbonyl (C=O) groups excluding carboxylic acids is 1. The lowest BCUT2D eigenvalue weighted by Crippen LogP contribution is -2.26. The molecule has 2 aromatic heterocycles. The highest BCUT2D eigenvalue weighted by Gasteiger charge is 2.25. The number of amides is 1. The molecule has 9 heteroatoms. The number of carbonyl (C=O) groups is 1. The van der Waals surface area contributed by atoms with Crippen LogP contribution in [0.15, 0.2) is 11.6 Å². The Kier molecular flexibility index (Phi) is 4.18. The maximum absolute atomic E-state index is 11.2. The summed E-state index contributed by atoms with van der Waals surface area (Å²) in [6, 6.07) is 0. The third-order valence-electron chi connectivity index (χ3n) is 2.80. The number of fused-ring (bicyclic) bond motifs is 1. The average Bonchev–Trinajstić information content (AvgIpc) is 2.92. The van der Waals surface area contributed by atoms with E-state index in [1.165, 1.54) is 22.7 Å². The summed E-state index contributed by atoms with van der Waals surface area (Å²) in [7, 11) is 1.76. The topological polar surface area (TPSA) is 92.8 Å². The minimum atomic E-state index is -0.424. The Morgan fingerprint density at radius 3 is 3.05 bits per heavy atom. The Morgan fingerprint density at radius 2 is 2.40 bits per heavy atom. The van der Waals surface area contributed by atoms with Gasteiger partial charge in [-0.25, -0.2) is 0 Å². The maximum Gasteiger partial charge on any atom is 0.373 e. The van der Waals surface area contributed by atoms with Crippen molar-refractivity contribution >= 4 is 33.8 Å². The van der Waals surface area contributed by atoms with Gasteiger partial charge in [0.2, 0.25) is 11.7 Å². The van der Waals surface area contributed by atoms with E-state index in [0.29, 0.717) is 30.3 Å². The van der Waals surface area contributed by atoms with E-state index < -0.39 is 4.92 Å². The second-order valence-corrected chi connectivity index (χ2v) is 5.20. The molecule has 2 heterocycles. The molecule has 0 spiro atoms. The van der Waals surface area contributed by atoms with E-state index in [1.807, 2.05) is 0 Å². The van der Waals surface area contributed by atoms with Gasteiger partial charge in [0.05, 0.1) is 0 Å². The zero-order chi connectivity index (χ0) is 14.7. The Bertz CT molecular complexity index is 635. The third-order valence-corrected chi connectivity index (χ3v) is 3.55. The number of nitrogens with zero attached hydrogens (tertiary/aromatic N) is 4. The van der Waals surface area contributed by atoms with Crippen LogP contribution in [-0.2, 0) is 4.79 Å². The second kappa shape index (κ2) is 5.87. The number of aromatic nitrogens is 2. The smallest absolute Gasteiger partial charge is 0.358 e. The van der Waals surface area contributed by atoms with Crippen LogP contribution in [0.4, 0.5) is 11.6 Å². The van der Waals surface area contributed by atoms with Crippen LogP contribution in [-0.4, -0.2) is 40.4 Å². The van der Waals surface area contributed by atoms with Crippen molar-refractivity contribution in [1.82, 2.24) is 14.7 Å². The fourth-order valence-corrected chi connectivity index (χ4v) is 2.58. The fraction of sp³-hybridized carbons (Fsp3) is 0.455. The molecule has 1 N–H and O–H groups in total. The molecule has 0 radical (unpaired) electrons. The van der Waals surface area contributed by atoms with E-state index >= 15 is 0 Å². The highest BCUT2D eigenvalue weighted by Crippen LogP contribution is 2.30. The molecule has 0 unspecified atom stereocenters. The third kappa shape index (κ3) is 2.87. The summed E-state index contributed by atoms with van der Waals surface area (Å²) in [5.41, 5.74) is 0. The summed E-state index contributed by atoms with van der Waals surface area (Å²) in [5, 5.41) is 15.6. The van der Waals surface area contributed by atoms with Gasteiger partial charge in [0.25, 0.3) is 4.96 Å². The minimum absolute atomic E-state index is 0.0247. The quantitative estimate of drug-likeness (QED) is 0.492. The number of rotatable bonds is 6. The first kappa shape index (κ1) is 14.3. The van der Waals surface area contributed by atoms with Crippen molar-refractivity contribution in [3.63, 3.8) is 0 Å². The predicted octanol–water partition coefficient (Wildman–Crippen LogP) is 1.27. The number of anilines is 1. The molecule has 0 saturated carbocycles. The van der Waals surface area contributed by atoms with Gasteiger partial charge >= 0.3 is 5.82 Å². The van der Waals surface area contributed by atoms with Crippen LogP contribution in [0.25, 0.3) is 4.96 Å². The number of thiazole rings is 1. The molecular weight excluding hydrogens is 282 g/mol. The molecule has 0 aliphatic heterocycles. The first-order valence-electron chi connectivity index (χ1n) is 6.06. The van der Waals surface area contributed by atoms with Crippen molar-refractivity contribution in [2.45, 2.75) is 13.3 Å². The van der Waals surface area contributed by atoms with Gasteiger partial charge in [-0.2, -0.15) is 9.38 Å². The van der Waals surface area contributed by atoms with Crippen molar-refractivity contribution in [1.29, 1.82) is 0 Å². The van der Waals surface area contributed by atoms with E-state index in [0.717, 1.165) is 0 Å². The maximum atomic E-state index is 11.2. The molecule has 108 valence electrons. The second-order valence-electron chi connectivity index (χ2n) is 4.33. The first-order chi connectivity index (χ1) is 9.50. The van der Waals surface area contributed by atoms with Crippen LogP contribution in [0.1, 0.15) is 13.3 Å². The molecular formula is C11H15N5O3S. The molecule has 0 fully saturated rings. The van der Waals surface area contributed by atoms with Crippen molar-refractivity contribution < 1.29 is 9.72 Å². The average molecular weight is 297 g/mol. The van der Waals surface area contributed by atoms with Crippen LogP contribution >= 0.6 is 11.3 Å². The van der Waals surface area contributed by atoms with E-state index in [4.69, 9.17) is 0 Å². The van der Waals surface area contributed by atoms with Gasteiger partial charge in [0.15, 0.2) is 0 Å². The summed E-state index contributed by atoms with van der Waals surface area (Å²) in [5.74, 6) is 0.245. The number of imidazole rings is 1. The van der Waals surface area contributed by atoms with Crippen LogP contribution in [0.3, 0.4) is 0 Å². The van der Waals surface area contributed by atoms with Gasteiger partial charge in [-0.05, 0) is 11.3 Å². The van der Waals surface area contributed by atoms with Gasteiger partial charge in [-0.15, -0.1) is 0 Å². The molecule has 2 rings (SSSR count). The molecule has 0 aliphatic carbocycles. The molecule has 0 aliphatic rings. The number of nitro groups is 1. The van der Waals surface area contributed by atoms with E-state index in [-0.39, 0.29) is 11.7 Å². The fourth-order valence-electron chi connectivity index (χ4n) is 1.87. The monoisotopic (exact) mass is 297 g/mol. The van der Waals surface area contributed by atoms with Crippen LogP contribution < -0.4 is 10.2 Å². The summed E-state index contributed by atoms with van der Waals surface area (Å²) in [4.78, 5) is 28.1. The Morgan fingerprint density at radius 1 is 1.65 bits per heavy atom. The van der Waals surface area contributed by atoms with Gasteiger partial charge in [-0.3, -0.25) is 4.79 Å². The number of hydrogen-bond donors (Lipinski definition) is 1. The van der Waals surface area contributed by atoms with Gasteiger partial charge < -0.3 is 20.3 Å². The molecule has 2 aromatic rings. The van der Waals surface area contributed by atoms with E-state index in [9.17, 15) is 14.9 Å². The normalized spacial score (nSPS) is 10.7. The summed E-state index contributed by atoms with van der Waals surface area (Å²) < 4.78 is 1.48. The summed E-state index contributed by atoms with van der Waals surface area (Å²) in [6.07, 6.45) is 2.33. The minimum Gasteiger partial charge on any atom is -0.358 e. The lowest BCUT2D eigenvalue weighted by Gasteiger charge is -2.15. The van der Waals surface area contributed by atoms with Crippen LogP contribution in [0, 0.1) is 10.1 Å².